The fourth-order valence-electron chi connectivity index (χ4n) is 1.12. The number of aromatic nitrogens is 1. The van der Waals surface area contributed by atoms with Crippen LogP contribution in [0.15, 0.2) is 45.9 Å². The Balaban J connectivity index is 2.46. The van der Waals surface area contributed by atoms with E-state index in [1.807, 2.05) is 0 Å². The molecule has 1 aromatic heterocycles. The number of benzene rings is 1. The van der Waals surface area contributed by atoms with Gasteiger partial charge in [-0.15, -0.1) is 0 Å². The standard InChI is InChI=1S/C9H7NO3S/c11-14(12)8-3-1-2-7(6-8)9-4-5-10-13-9/h1-6H,(H,11,12). The maximum atomic E-state index is 10.8. The van der Waals surface area contributed by atoms with E-state index in [1.54, 1.807) is 30.3 Å². The molecule has 0 fully saturated rings. The predicted octanol–water partition coefficient (Wildman–Crippen LogP) is 1.92. The zero-order valence-electron chi connectivity index (χ0n) is 7.08. The van der Waals surface area contributed by atoms with Gasteiger partial charge in [0.15, 0.2) is 16.8 Å². The molecule has 2 aromatic rings. The maximum absolute atomic E-state index is 10.8. The minimum Gasteiger partial charge on any atom is -0.356 e. The van der Waals surface area contributed by atoms with Crippen LogP contribution in [0.5, 0.6) is 0 Å². The molecule has 1 unspecified atom stereocenters. The first kappa shape index (κ1) is 9.11. The first-order chi connectivity index (χ1) is 6.77. The van der Waals surface area contributed by atoms with Crippen molar-refractivity contribution >= 4 is 11.1 Å². The smallest absolute Gasteiger partial charge is 0.186 e. The third-order valence-electron chi connectivity index (χ3n) is 1.76. The number of nitrogens with zero attached hydrogens (tertiary/aromatic N) is 1. The first-order valence-corrected chi connectivity index (χ1v) is 5.00. The maximum Gasteiger partial charge on any atom is 0.186 e. The number of hydrogen-bond acceptors (Lipinski definition) is 3. The highest BCUT2D eigenvalue weighted by Gasteiger charge is 2.05. The van der Waals surface area contributed by atoms with Gasteiger partial charge in [0.05, 0.1) is 11.1 Å². The van der Waals surface area contributed by atoms with Gasteiger partial charge in [-0.05, 0) is 12.1 Å². The summed E-state index contributed by atoms with van der Waals surface area (Å²) in [7, 11) is 0. The molecule has 72 valence electrons. The number of rotatable bonds is 2. The molecule has 1 heterocycles. The van der Waals surface area contributed by atoms with Gasteiger partial charge in [-0.1, -0.05) is 17.3 Å². The minimum atomic E-state index is -1.96. The van der Waals surface area contributed by atoms with Crippen molar-refractivity contribution in [3.05, 3.63) is 36.5 Å². The van der Waals surface area contributed by atoms with Crippen LogP contribution < -0.4 is 0 Å². The summed E-state index contributed by atoms with van der Waals surface area (Å²) < 4.78 is 24.6. The van der Waals surface area contributed by atoms with Gasteiger partial charge in [-0.25, -0.2) is 4.21 Å². The Hall–Kier alpha value is -1.46. The van der Waals surface area contributed by atoms with Crippen molar-refractivity contribution in [2.75, 3.05) is 0 Å². The van der Waals surface area contributed by atoms with E-state index in [1.165, 1.54) is 6.20 Å². The summed E-state index contributed by atoms with van der Waals surface area (Å²) in [5, 5.41) is 3.56. The van der Waals surface area contributed by atoms with Crippen LogP contribution in [0, 0.1) is 0 Å². The van der Waals surface area contributed by atoms with Crippen LogP contribution in [0.25, 0.3) is 11.3 Å². The molecule has 1 atom stereocenters. The quantitative estimate of drug-likeness (QED) is 0.767. The lowest BCUT2D eigenvalue weighted by Gasteiger charge is -1.97. The van der Waals surface area contributed by atoms with Gasteiger partial charge >= 0.3 is 0 Å². The van der Waals surface area contributed by atoms with Crippen LogP contribution in [-0.2, 0) is 11.1 Å². The molecule has 1 N–H and O–H groups in total. The van der Waals surface area contributed by atoms with Gasteiger partial charge in [0.2, 0.25) is 0 Å². The summed E-state index contributed by atoms with van der Waals surface area (Å²) in [6, 6.07) is 8.35. The average Bonchev–Trinajstić information content (AvgIpc) is 2.71. The van der Waals surface area contributed by atoms with E-state index in [9.17, 15) is 4.21 Å². The highest BCUT2D eigenvalue weighted by Crippen LogP contribution is 2.20. The van der Waals surface area contributed by atoms with Gasteiger partial charge < -0.3 is 9.08 Å². The Morgan fingerprint density at radius 3 is 2.86 bits per heavy atom. The summed E-state index contributed by atoms with van der Waals surface area (Å²) in [4.78, 5) is 0.346. The Labute approximate surface area is 82.8 Å². The summed E-state index contributed by atoms with van der Waals surface area (Å²) in [6.07, 6.45) is 1.53. The van der Waals surface area contributed by atoms with Crippen LogP contribution >= 0.6 is 0 Å². The van der Waals surface area contributed by atoms with Crippen molar-refractivity contribution in [1.82, 2.24) is 5.16 Å². The lowest BCUT2D eigenvalue weighted by atomic mass is 10.2. The molecule has 0 bridgehead atoms. The minimum absolute atomic E-state index is 0.346. The molecule has 0 saturated carbocycles. The van der Waals surface area contributed by atoms with Crippen molar-refractivity contribution in [1.29, 1.82) is 0 Å². The molecule has 2 rings (SSSR count). The van der Waals surface area contributed by atoms with Gasteiger partial charge in [0.1, 0.15) is 0 Å². The lowest BCUT2D eigenvalue weighted by Crippen LogP contribution is -1.87. The van der Waals surface area contributed by atoms with E-state index in [0.717, 1.165) is 5.56 Å². The topological polar surface area (TPSA) is 63.3 Å². The van der Waals surface area contributed by atoms with Gasteiger partial charge in [-0.2, -0.15) is 0 Å². The molecule has 1 aromatic carbocycles. The van der Waals surface area contributed by atoms with E-state index in [-0.39, 0.29) is 0 Å². The molecule has 0 aliphatic rings. The Bertz CT molecular complexity index is 453. The third-order valence-corrected chi connectivity index (χ3v) is 2.42. The van der Waals surface area contributed by atoms with E-state index < -0.39 is 11.1 Å². The van der Waals surface area contributed by atoms with Crippen LogP contribution in [0.4, 0.5) is 0 Å². The van der Waals surface area contributed by atoms with Gasteiger partial charge in [0, 0.05) is 11.6 Å². The van der Waals surface area contributed by atoms with Crippen molar-refractivity contribution in [2.24, 2.45) is 0 Å². The van der Waals surface area contributed by atoms with Crippen molar-refractivity contribution in [2.45, 2.75) is 4.90 Å². The van der Waals surface area contributed by atoms with Gasteiger partial charge in [-0.3, -0.25) is 0 Å². The second kappa shape index (κ2) is 3.73. The van der Waals surface area contributed by atoms with Crippen molar-refractivity contribution in [3.63, 3.8) is 0 Å². The fraction of sp³-hybridized carbons (Fsp3) is 0. The van der Waals surface area contributed by atoms with Gasteiger partial charge in [0.25, 0.3) is 0 Å². The molecule has 0 aliphatic carbocycles. The first-order valence-electron chi connectivity index (χ1n) is 3.89. The molecular weight excluding hydrogens is 202 g/mol. The Kier molecular flexibility index (Phi) is 2.43. The second-order valence-corrected chi connectivity index (χ2v) is 3.62. The van der Waals surface area contributed by atoms with E-state index in [0.29, 0.717) is 10.7 Å². The molecular formula is C9H7NO3S. The fourth-order valence-corrected chi connectivity index (χ4v) is 1.55. The Morgan fingerprint density at radius 1 is 1.36 bits per heavy atom. The summed E-state index contributed by atoms with van der Waals surface area (Å²) in [5.74, 6) is 0.581. The molecule has 0 aliphatic heterocycles. The van der Waals surface area contributed by atoms with Crippen LogP contribution in [0.3, 0.4) is 0 Å². The predicted molar refractivity (Wildman–Crippen MR) is 51.0 cm³/mol. The second-order valence-electron chi connectivity index (χ2n) is 2.65. The normalized spacial score (nSPS) is 12.6. The number of hydrogen-bond donors (Lipinski definition) is 1. The monoisotopic (exact) mass is 209 g/mol. The zero-order chi connectivity index (χ0) is 9.97. The molecule has 0 saturated heterocycles. The SMILES string of the molecule is O=S(O)c1cccc(-c2ccno2)c1. The lowest BCUT2D eigenvalue weighted by molar-refractivity contribution is 0.432. The van der Waals surface area contributed by atoms with Crippen LogP contribution in [0.1, 0.15) is 0 Å². The van der Waals surface area contributed by atoms with Crippen LogP contribution in [-0.4, -0.2) is 13.9 Å². The average molecular weight is 209 g/mol. The van der Waals surface area contributed by atoms with E-state index >= 15 is 0 Å². The highest BCUT2D eigenvalue weighted by atomic mass is 32.2. The van der Waals surface area contributed by atoms with E-state index in [4.69, 9.17) is 9.08 Å². The summed E-state index contributed by atoms with van der Waals surface area (Å²) in [5.41, 5.74) is 0.738. The molecule has 14 heavy (non-hydrogen) atoms. The van der Waals surface area contributed by atoms with Crippen molar-refractivity contribution in [3.8, 4) is 11.3 Å². The Morgan fingerprint density at radius 2 is 2.21 bits per heavy atom. The highest BCUT2D eigenvalue weighted by molar-refractivity contribution is 7.79. The molecule has 0 spiro atoms. The molecule has 4 nitrogen and oxygen atoms in total. The third kappa shape index (κ3) is 1.73. The zero-order valence-corrected chi connectivity index (χ0v) is 7.90. The van der Waals surface area contributed by atoms with Crippen molar-refractivity contribution < 1.29 is 13.3 Å². The summed E-state index contributed by atoms with van der Waals surface area (Å²) >= 11 is -1.96. The molecule has 0 radical (unpaired) electrons. The molecule has 0 amide bonds. The molecule has 5 heteroatoms. The summed E-state index contributed by atoms with van der Waals surface area (Å²) in [6.45, 7) is 0. The van der Waals surface area contributed by atoms with Crippen LogP contribution in [0.2, 0.25) is 0 Å². The largest absolute Gasteiger partial charge is 0.356 e. The van der Waals surface area contributed by atoms with E-state index in [2.05, 4.69) is 5.16 Å².